The summed E-state index contributed by atoms with van der Waals surface area (Å²) in [4.78, 5) is 0. The van der Waals surface area contributed by atoms with Crippen LogP contribution in [0.2, 0.25) is 5.02 Å². The van der Waals surface area contributed by atoms with Crippen LogP contribution in [0.25, 0.3) is 10.8 Å². The van der Waals surface area contributed by atoms with E-state index in [1.54, 1.807) is 0 Å². The standard InChI is InChI=1S/C26H24ClNO2.ClH/c27-24-13-7-5-11-21(24)18-30-26-15-14-19-8-4-6-12-22(19)23(26)16-28-17-25(29)20-9-2-1-3-10-20;/h1-15,25,28-29H,16-18H2;1H. The molecular weight excluding hydrogens is 429 g/mol. The number of fused-ring (bicyclic) bond motifs is 1. The quantitative estimate of drug-likeness (QED) is 0.328. The number of hydrogen-bond donors (Lipinski definition) is 2. The minimum Gasteiger partial charge on any atom is -0.488 e. The van der Waals surface area contributed by atoms with E-state index < -0.39 is 6.10 Å². The van der Waals surface area contributed by atoms with Gasteiger partial charge in [-0.3, -0.25) is 0 Å². The first-order chi connectivity index (χ1) is 14.7. The second kappa shape index (κ2) is 11.2. The highest BCUT2D eigenvalue weighted by molar-refractivity contribution is 6.31. The normalized spacial score (nSPS) is 11.7. The Hall–Kier alpha value is -2.56. The van der Waals surface area contributed by atoms with Crippen LogP contribution >= 0.6 is 24.0 Å². The van der Waals surface area contributed by atoms with E-state index in [0.717, 1.165) is 33.2 Å². The molecule has 160 valence electrons. The van der Waals surface area contributed by atoms with Crippen LogP contribution in [0.15, 0.2) is 91.0 Å². The van der Waals surface area contributed by atoms with Gasteiger partial charge in [0, 0.05) is 29.2 Å². The van der Waals surface area contributed by atoms with Gasteiger partial charge in [-0.15, -0.1) is 12.4 Å². The van der Waals surface area contributed by atoms with Crippen molar-refractivity contribution in [3.8, 4) is 5.75 Å². The van der Waals surface area contributed by atoms with E-state index in [1.165, 1.54) is 0 Å². The van der Waals surface area contributed by atoms with Gasteiger partial charge in [0.05, 0.1) is 6.10 Å². The van der Waals surface area contributed by atoms with E-state index in [0.29, 0.717) is 24.7 Å². The Morgan fingerprint density at radius 2 is 1.55 bits per heavy atom. The van der Waals surface area contributed by atoms with Crippen molar-refractivity contribution >= 4 is 34.8 Å². The number of aliphatic hydroxyl groups is 1. The molecule has 3 nitrogen and oxygen atoms in total. The van der Waals surface area contributed by atoms with Gasteiger partial charge in [0.25, 0.3) is 0 Å². The lowest BCUT2D eigenvalue weighted by atomic mass is 10.0. The molecule has 0 saturated heterocycles. The topological polar surface area (TPSA) is 41.5 Å². The van der Waals surface area contributed by atoms with Gasteiger partial charge in [0.15, 0.2) is 0 Å². The zero-order valence-electron chi connectivity index (χ0n) is 17.0. The smallest absolute Gasteiger partial charge is 0.124 e. The Labute approximate surface area is 194 Å². The van der Waals surface area contributed by atoms with Crippen LogP contribution in [0.5, 0.6) is 5.75 Å². The molecular formula is C26H25Cl2NO2. The maximum atomic E-state index is 10.5. The average molecular weight is 454 g/mol. The summed E-state index contributed by atoms with van der Waals surface area (Å²) >= 11 is 6.28. The lowest BCUT2D eigenvalue weighted by molar-refractivity contribution is 0.174. The van der Waals surface area contributed by atoms with E-state index in [9.17, 15) is 5.11 Å². The zero-order chi connectivity index (χ0) is 20.8. The molecule has 1 atom stereocenters. The number of halogens is 2. The third kappa shape index (κ3) is 5.78. The Kier molecular flexibility index (Phi) is 8.33. The van der Waals surface area contributed by atoms with Crippen LogP contribution in [-0.4, -0.2) is 11.7 Å². The molecule has 0 spiro atoms. The van der Waals surface area contributed by atoms with Crippen molar-refractivity contribution in [2.24, 2.45) is 0 Å². The second-order valence-electron chi connectivity index (χ2n) is 7.20. The molecule has 4 aromatic rings. The number of aliphatic hydroxyl groups excluding tert-OH is 1. The molecule has 5 heteroatoms. The van der Waals surface area contributed by atoms with Gasteiger partial charge in [-0.25, -0.2) is 0 Å². The number of ether oxygens (including phenoxy) is 1. The SMILES string of the molecule is Cl.OC(CNCc1c(OCc2ccccc2Cl)ccc2ccccc12)c1ccccc1. The van der Waals surface area contributed by atoms with Crippen molar-refractivity contribution in [2.45, 2.75) is 19.3 Å². The summed E-state index contributed by atoms with van der Waals surface area (Å²) < 4.78 is 6.17. The number of hydrogen-bond acceptors (Lipinski definition) is 3. The summed E-state index contributed by atoms with van der Waals surface area (Å²) in [5, 5.41) is 16.8. The molecule has 0 aliphatic carbocycles. The van der Waals surface area contributed by atoms with Gasteiger partial charge in [0.1, 0.15) is 12.4 Å². The highest BCUT2D eigenvalue weighted by Gasteiger charge is 2.12. The minimum atomic E-state index is -0.561. The predicted molar refractivity (Wildman–Crippen MR) is 130 cm³/mol. The molecule has 0 aromatic heterocycles. The number of rotatable bonds is 8. The van der Waals surface area contributed by atoms with Crippen LogP contribution < -0.4 is 10.1 Å². The minimum absolute atomic E-state index is 0. The summed E-state index contributed by atoms with van der Waals surface area (Å²) in [7, 11) is 0. The molecule has 0 bridgehead atoms. The lowest BCUT2D eigenvalue weighted by Crippen LogP contribution is -2.21. The van der Waals surface area contributed by atoms with Gasteiger partial charge >= 0.3 is 0 Å². The first-order valence-corrected chi connectivity index (χ1v) is 10.4. The summed E-state index contributed by atoms with van der Waals surface area (Å²) in [5.41, 5.74) is 2.92. The number of nitrogens with one attached hydrogen (secondary N) is 1. The summed E-state index contributed by atoms with van der Waals surface area (Å²) in [5.74, 6) is 0.815. The molecule has 1 unspecified atom stereocenters. The molecule has 0 saturated carbocycles. The third-order valence-electron chi connectivity index (χ3n) is 5.16. The van der Waals surface area contributed by atoms with Crippen LogP contribution in [0.4, 0.5) is 0 Å². The Morgan fingerprint density at radius 1 is 0.839 bits per heavy atom. The van der Waals surface area contributed by atoms with Crippen LogP contribution in [-0.2, 0) is 13.2 Å². The Bertz CT molecular complexity index is 1120. The molecule has 0 radical (unpaired) electrons. The third-order valence-corrected chi connectivity index (χ3v) is 5.53. The number of benzene rings is 4. The largest absolute Gasteiger partial charge is 0.488 e. The van der Waals surface area contributed by atoms with E-state index in [-0.39, 0.29) is 12.4 Å². The van der Waals surface area contributed by atoms with Crippen molar-refractivity contribution in [1.29, 1.82) is 0 Å². The van der Waals surface area contributed by atoms with Crippen LogP contribution in [0.1, 0.15) is 22.8 Å². The molecule has 0 fully saturated rings. The molecule has 2 N–H and O–H groups in total. The first kappa shape index (κ1) is 23.1. The lowest BCUT2D eigenvalue weighted by Gasteiger charge is -2.17. The summed E-state index contributed by atoms with van der Waals surface area (Å²) in [6.45, 7) is 1.44. The van der Waals surface area contributed by atoms with E-state index in [4.69, 9.17) is 16.3 Å². The Balaban J connectivity index is 0.00000272. The molecule has 4 aromatic carbocycles. The van der Waals surface area contributed by atoms with Gasteiger partial charge in [0.2, 0.25) is 0 Å². The van der Waals surface area contributed by atoms with Crippen molar-refractivity contribution in [3.05, 3.63) is 113 Å². The van der Waals surface area contributed by atoms with Crippen LogP contribution in [0, 0.1) is 0 Å². The fourth-order valence-corrected chi connectivity index (χ4v) is 3.72. The maximum Gasteiger partial charge on any atom is 0.124 e. The van der Waals surface area contributed by atoms with Crippen molar-refractivity contribution in [2.75, 3.05) is 6.54 Å². The predicted octanol–water partition coefficient (Wildman–Crippen LogP) is 6.32. The Morgan fingerprint density at radius 3 is 2.35 bits per heavy atom. The van der Waals surface area contributed by atoms with Crippen molar-refractivity contribution in [3.63, 3.8) is 0 Å². The van der Waals surface area contributed by atoms with Gasteiger partial charge in [-0.05, 0) is 28.5 Å². The van der Waals surface area contributed by atoms with Gasteiger partial charge in [-0.1, -0.05) is 90.5 Å². The van der Waals surface area contributed by atoms with Crippen molar-refractivity contribution < 1.29 is 9.84 Å². The maximum absolute atomic E-state index is 10.5. The van der Waals surface area contributed by atoms with Gasteiger partial charge in [-0.2, -0.15) is 0 Å². The molecule has 4 rings (SSSR count). The monoisotopic (exact) mass is 453 g/mol. The fraction of sp³-hybridized carbons (Fsp3) is 0.154. The zero-order valence-corrected chi connectivity index (χ0v) is 18.6. The van der Waals surface area contributed by atoms with E-state index in [2.05, 4.69) is 23.5 Å². The van der Waals surface area contributed by atoms with Crippen molar-refractivity contribution in [1.82, 2.24) is 5.32 Å². The highest BCUT2D eigenvalue weighted by atomic mass is 35.5. The average Bonchev–Trinajstić information content (AvgIpc) is 2.79. The second-order valence-corrected chi connectivity index (χ2v) is 7.61. The molecule has 0 aliphatic heterocycles. The van der Waals surface area contributed by atoms with Gasteiger partial charge < -0.3 is 15.2 Å². The summed E-state index contributed by atoms with van der Waals surface area (Å²) in [6, 6.07) is 29.7. The molecule has 0 aliphatic rings. The van der Waals surface area contributed by atoms with Crippen LogP contribution in [0.3, 0.4) is 0 Å². The highest BCUT2D eigenvalue weighted by Crippen LogP contribution is 2.29. The fourth-order valence-electron chi connectivity index (χ4n) is 3.53. The summed E-state index contributed by atoms with van der Waals surface area (Å²) in [6.07, 6.45) is -0.561. The molecule has 31 heavy (non-hydrogen) atoms. The van der Waals surface area contributed by atoms with E-state index in [1.807, 2.05) is 72.8 Å². The molecule has 0 heterocycles. The molecule has 0 amide bonds. The first-order valence-electron chi connectivity index (χ1n) is 10.0. The van der Waals surface area contributed by atoms with E-state index >= 15 is 0 Å².